The number of carbonyl (C=O) groups excluding carboxylic acids is 2. The smallest absolute Gasteiger partial charge is 0.263 e. The third kappa shape index (κ3) is 3.47. The predicted octanol–water partition coefficient (Wildman–Crippen LogP) is 4.41. The summed E-state index contributed by atoms with van der Waals surface area (Å²) >= 11 is 0. The van der Waals surface area contributed by atoms with Gasteiger partial charge in [-0.05, 0) is 50.2 Å². The number of hydrogen-bond donors (Lipinski definition) is 2. The van der Waals surface area contributed by atoms with Crippen LogP contribution < -0.4 is 0 Å². The number of carbonyl (C=O) groups is 2. The fourth-order valence-electron chi connectivity index (χ4n) is 5.12. The van der Waals surface area contributed by atoms with Crippen LogP contribution in [0.3, 0.4) is 0 Å². The van der Waals surface area contributed by atoms with Crippen molar-refractivity contribution in [2.24, 2.45) is 0 Å². The van der Waals surface area contributed by atoms with E-state index in [-0.39, 0.29) is 11.8 Å². The molecule has 33 heavy (non-hydrogen) atoms. The first-order valence-electron chi connectivity index (χ1n) is 11.7. The Labute approximate surface area is 191 Å². The van der Waals surface area contributed by atoms with E-state index in [0.29, 0.717) is 29.1 Å². The lowest BCUT2D eigenvalue weighted by molar-refractivity contribution is -0.136. The molecule has 2 aliphatic heterocycles. The third-order valence-corrected chi connectivity index (χ3v) is 6.86. The normalized spacial score (nSPS) is 17.8. The number of amides is 2. The second kappa shape index (κ2) is 8.05. The first-order valence-corrected chi connectivity index (χ1v) is 11.7. The Hall–Kier alpha value is -3.64. The second-order valence-electron chi connectivity index (χ2n) is 8.95. The number of nitrogens with one attached hydrogen (secondary N) is 2. The molecule has 0 atom stereocenters. The van der Waals surface area contributed by atoms with Gasteiger partial charge in [0.1, 0.15) is 0 Å². The van der Waals surface area contributed by atoms with E-state index in [1.54, 1.807) is 0 Å². The zero-order valence-corrected chi connectivity index (χ0v) is 18.4. The van der Waals surface area contributed by atoms with Gasteiger partial charge in [-0.2, -0.15) is 0 Å². The molecule has 2 aromatic carbocycles. The van der Waals surface area contributed by atoms with Gasteiger partial charge in [0.25, 0.3) is 11.8 Å². The topological polar surface area (TPSA) is 72.2 Å². The summed E-state index contributed by atoms with van der Waals surface area (Å²) in [6, 6.07) is 19.8. The molecule has 1 saturated heterocycles. The number of piperidine rings is 1. The molecule has 166 valence electrons. The lowest BCUT2D eigenvalue weighted by Crippen LogP contribution is -2.40. The van der Waals surface area contributed by atoms with Crippen molar-refractivity contribution in [3.05, 3.63) is 72.1 Å². The molecule has 2 N–H and O–H groups in total. The number of H-pyrrole nitrogens is 2. The van der Waals surface area contributed by atoms with Crippen LogP contribution in [-0.2, 0) is 9.59 Å². The molecule has 0 unspecified atom stereocenters. The maximum atomic E-state index is 13.7. The van der Waals surface area contributed by atoms with E-state index >= 15 is 0 Å². The number of rotatable bonds is 5. The molecule has 4 aromatic rings. The molecule has 0 radical (unpaired) electrons. The van der Waals surface area contributed by atoms with Crippen LogP contribution in [0.4, 0.5) is 0 Å². The molecular weight excluding hydrogens is 412 g/mol. The average Bonchev–Trinajstić information content (AvgIpc) is 3.52. The monoisotopic (exact) mass is 438 g/mol. The van der Waals surface area contributed by atoms with E-state index in [4.69, 9.17) is 0 Å². The van der Waals surface area contributed by atoms with Crippen LogP contribution in [0.1, 0.15) is 30.7 Å². The number of aromatic nitrogens is 2. The number of imide groups is 1. The van der Waals surface area contributed by atoms with E-state index in [0.717, 1.165) is 41.4 Å². The summed E-state index contributed by atoms with van der Waals surface area (Å²) in [5, 5.41) is 2.03. The molecule has 6 nitrogen and oxygen atoms in total. The van der Waals surface area contributed by atoms with Gasteiger partial charge in [0.05, 0.1) is 22.5 Å². The van der Waals surface area contributed by atoms with E-state index in [1.165, 1.54) is 24.2 Å². The third-order valence-electron chi connectivity index (χ3n) is 6.86. The average molecular weight is 439 g/mol. The standard InChI is InChI=1S/C27H26N4O2/c32-26-24(22-16-18-8-2-4-10-20(18)28-22)25(23-17-19-9-3-5-11-21(19)29-23)27(33)31(26)15-14-30-12-6-1-7-13-30/h2-5,8-11,16-17,28-29H,1,6-7,12-15H2. The highest BCUT2D eigenvalue weighted by atomic mass is 16.2. The quantitative estimate of drug-likeness (QED) is 0.453. The fourth-order valence-corrected chi connectivity index (χ4v) is 5.12. The van der Waals surface area contributed by atoms with Crippen LogP contribution in [0, 0.1) is 0 Å². The first-order chi connectivity index (χ1) is 16.2. The minimum Gasteiger partial charge on any atom is -0.354 e. The van der Waals surface area contributed by atoms with Crippen LogP contribution in [0.2, 0.25) is 0 Å². The highest BCUT2D eigenvalue weighted by molar-refractivity contribution is 6.48. The highest BCUT2D eigenvalue weighted by Crippen LogP contribution is 2.37. The van der Waals surface area contributed by atoms with Gasteiger partial charge < -0.3 is 14.9 Å². The summed E-state index contributed by atoms with van der Waals surface area (Å²) in [7, 11) is 0. The van der Waals surface area contributed by atoms with Gasteiger partial charge >= 0.3 is 0 Å². The zero-order valence-electron chi connectivity index (χ0n) is 18.4. The zero-order chi connectivity index (χ0) is 22.4. The van der Waals surface area contributed by atoms with Crippen molar-refractivity contribution in [2.75, 3.05) is 26.2 Å². The summed E-state index contributed by atoms with van der Waals surface area (Å²) in [5.41, 5.74) is 4.15. The summed E-state index contributed by atoms with van der Waals surface area (Å²) in [4.78, 5) is 37.8. The minimum absolute atomic E-state index is 0.225. The molecule has 6 heteroatoms. The summed E-state index contributed by atoms with van der Waals surface area (Å²) in [6.45, 7) is 3.20. The second-order valence-corrected chi connectivity index (χ2v) is 8.95. The Balaban J connectivity index is 1.42. The van der Waals surface area contributed by atoms with Gasteiger partial charge in [0, 0.05) is 34.9 Å². The molecular formula is C27H26N4O2. The van der Waals surface area contributed by atoms with Crippen molar-refractivity contribution < 1.29 is 9.59 Å². The summed E-state index contributed by atoms with van der Waals surface area (Å²) < 4.78 is 0. The largest absolute Gasteiger partial charge is 0.354 e. The van der Waals surface area contributed by atoms with Crippen LogP contribution in [-0.4, -0.2) is 57.8 Å². The van der Waals surface area contributed by atoms with Gasteiger partial charge in [-0.25, -0.2) is 0 Å². The van der Waals surface area contributed by atoms with Gasteiger partial charge in [0.15, 0.2) is 0 Å². The van der Waals surface area contributed by atoms with Crippen molar-refractivity contribution in [2.45, 2.75) is 19.3 Å². The number of nitrogens with zero attached hydrogens (tertiary/aromatic N) is 2. The number of benzene rings is 2. The molecule has 2 aromatic heterocycles. The van der Waals surface area contributed by atoms with Crippen LogP contribution in [0.25, 0.3) is 33.0 Å². The molecule has 0 bridgehead atoms. The van der Waals surface area contributed by atoms with Crippen molar-refractivity contribution in [1.29, 1.82) is 0 Å². The minimum atomic E-state index is -0.225. The molecule has 0 saturated carbocycles. The Kier molecular flexibility index (Phi) is 4.88. The van der Waals surface area contributed by atoms with Crippen molar-refractivity contribution in [3.8, 4) is 0 Å². The van der Waals surface area contributed by atoms with Crippen molar-refractivity contribution >= 4 is 44.8 Å². The van der Waals surface area contributed by atoms with Gasteiger partial charge in [-0.15, -0.1) is 0 Å². The van der Waals surface area contributed by atoms with Gasteiger partial charge in [-0.3, -0.25) is 14.5 Å². The van der Waals surface area contributed by atoms with Gasteiger partial charge in [-0.1, -0.05) is 42.8 Å². The number of para-hydroxylation sites is 2. The molecule has 6 rings (SSSR count). The maximum Gasteiger partial charge on any atom is 0.263 e. The lowest BCUT2D eigenvalue weighted by Gasteiger charge is -2.28. The van der Waals surface area contributed by atoms with E-state index in [2.05, 4.69) is 14.9 Å². The summed E-state index contributed by atoms with van der Waals surface area (Å²) in [5.74, 6) is -0.450. The molecule has 2 amide bonds. The van der Waals surface area contributed by atoms with Crippen molar-refractivity contribution in [3.63, 3.8) is 0 Å². The number of hydrogen-bond acceptors (Lipinski definition) is 3. The first kappa shape index (κ1) is 20.0. The Morgan fingerprint density at radius 2 is 1.18 bits per heavy atom. The van der Waals surface area contributed by atoms with Crippen LogP contribution in [0.15, 0.2) is 60.7 Å². The molecule has 1 fully saturated rings. The number of aromatic amines is 2. The lowest BCUT2D eigenvalue weighted by atomic mass is 10.0. The van der Waals surface area contributed by atoms with Crippen molar-refractivity contribution in [1.82, 2.24) is 19.8 Å². The highest BCUT2D eigenvalue weighted by Gasteiger charge is 2.40. The summed E-state index contributed by atoms with van der Waals surface area (Å²) in [6.07, 6.45) is 3.62. The van der Waals surface area contributed by atoms with Gasteiger partial charge in [0.2, 0.25) is 0 Å². The molecule has 2 aliphatic rings. The SMILES string of the molecule is O=C1C(c2cc3ccccc3[nH]2)=C(c2cc3ccccc3[nH]2)C(=O)N1CCN1CCCCC1. The molecule has 0 spiro atoms. The van der Waals surface area contributed by atoms with Crippen LogP contribution in [0.5, 0.6) is 0 Å². The Morgan fingerprint density at radius 3 is 1.70 bits per heavy atom. The predicted molar refractivity (Wildman–Crippen MR) is 130 cm³/mol. The molecule has 4 heterocycles. The number of likely N-dealkylation sites (tertiary alicyclic amines) is 1. The van der Waals surface area contributed by atoms with E-state index < -0.39 is 0 Å². The Morgan fingerprint density at radius 1 is 0.667 bits per heavy atom. The Bertz CT molecular complexity index is 1240. The fraction of sp³-hybridized carbons (Fsp3) is 0.259. The van der Waals surface area contributed by atoms with E-state index in [1.807, 2.05) is 60.7 Å². The van der Waals surface area contributed by atoms with E-state index in [9.17, 15) is 9.59 Å². The molecule has 0 aliphatic carbocycles. The number of fused-ring (bicyclic) bond motifs is 2. The maximum absolute atomic E-state index is 13.7. The van der Waals surface area contributed by atoms with Crippen LogP contribution >= 0.6 is 0 Å².